The van der Waals surface area contributed by atoms with Crippen LogP contribution < -0.4 is 0 Å². The van der Waals surface area contributed by atoms with E-state index in [0.717, 1.165) is 13.0 Å². The van der Waals surface area contributed by atoms with Crippen LogP contribution in [0, 0.1) is 0 Å². The summed E-state index contributed by atoms with van der Waals surface area (Å²) in [6.07, 6.45) is 1.14. The van der Waals surface area contributed by atoms with Gasteiger partial charge in [-0.05, 0) is 34.1 Å². The first-order chi connectivity index (χ1) is 6.30. The Balaban J connectivity index is 2.56. The Bertz CT molecular complexity index is 222. The fourth-order valence-corrected chi connectivity index (χ4v) is 3.32. The summed E-state index contributed by atoms with van der Waals surface area (Å²) in [7, 11) is 0. The molecule has 0 spiro atoms. The maximum Gasteiger partial charge on any atom is 0.186 e. The molecule has 0 amide bonds. The number of likely N-dealkylation sites (tertiary alicyclic amines) is 1. The Morgan fingerprint density at radius 1 is 1.43 bits per heavy atom. The van der Waals surface area contributed by atoms with E-state index >= 15 is 0 Å². The van der Waals surface area contributed by atoms with Gasteiger partial charge in [0.1, 0.15) is 0 Å². The van der Waals surface area contributed by atoms with Crippen molar-refractivity contribution in [3.8, 4) is 0 Å². The van der Waals surface area contributed by atoms with Crippen molar-refractivity contribution in [3.05, 3.63) is 0 Å². The van der Waals surface area contributed by atoms with Crippen molar-refractivity contribution in [3.63, 3.8) is 0 Å². The predicted octanol–water partition coefficient (Wildman–Crippen LogP) is 2.53. The van der Waals surface area contributed by atoms with E-state index in [2.05, 4.69) is 32.6 Å². The maximum atomic E-state index is 11.0. The van der Waals surface area contributed by atoms with E-state index in [1.54, 1.807) is 6.92 Å². The number of rotatable bonds is 1. The number of carbonyl (C=O) groups is 1. The molecule has 82 valence electrons. The molecule has 1 aliphatic rings. The van der Waals surface area contributed by atoms with Crippen LogP contribution in [0.15, 0.2) is 0 Å². The Morgan fingerprint density at radius 3 is 2.36 bits per heavy atom. The molecule has 2 nitrogen and oxygen atoms in total. The molecule has 14 heavy (non-hydrogen) atoms. The van der Waals surface area contributed by atoms with E-state index in [-0.39, 0.29) is 10.7 Å². The molecule has 0 aromatic heterocycles. The highest BCUT2D eigenvalue weighted by Crippen LogP contribution is 2.32. The first kappa shape index (κ1) is 12.1. The minimum absolute atomic E-state index is 0.228. The van der Waals surface area contributed by atoms with Crippen LogP contribution in [0.3, 0.4) is 0 Å². The zero-order chi connectivity index (χ0) is 10.9. The van der Waals surface area contributed by atoms with Gasteiger partial charge in [-0.2, -0.15) is 0 Å². The smallest absolute Gasteiger partial charge is 0.186 e. The predicted molar refractivity (Wildman–Crippen MR) is 62.6 cm³/mol. The second-order valence-corrected chi connectivity index (χ2v) is 6.62. The fraction of sp³-hybridized carbons (Fsp3) is 0.909. The summed E-state index contributed by atoms with van der Waals surface area (Å²) < 4.78 is 0. The summed E-state index contributed by atoms with van der Waals surface area (Å²) in [4.78, 5) is 13.5. The lowest BCUT2D eigenvalue weighted by atomic mass is 10.1. The topological polar surface area (TPSA) is 20.3 Å². The molecular formula is C11H21NOS. The minimum Gasteiger partial charge on any atom is -0.295 e. The van der Waals surface area contributed by atoms with Gasteiger partial charge in [-0.25, -0.2) is 0 Å². The van der Waals surface area contributed by atoms with Gasteiger partial charge in [0.2, 0.25) is 0 Å². The van der Waals surface area contributed by atoms with Gasteiger partial charge in [0.05, 0.1) is 0 Å². The van der Waals surface area contributed by atoms with Gasteiger partial charge in [0, 0.05) is 30.3 Å². The number of hydrogen-bond donors (Lipinski definition) is 0. The largest absolute Gasteiger partial charge is 0.295 e. The quantitative estimate of drug-likeness (QED) is 0.670. The van der Waals surface area contributed by atoms with Crippen LogP contribution in [0.5, 0.6) is 0 Å². The third-order valence-corrected chi connectivity index (χ3v) is 3.74. The van der Waals surface area contributed by atoms with Crippen LogP contribution >= 0.6 is 11.8 Å². The zero-order valence-corrected chi connectivity index (χ0v) is 10.6. The summed E-state index contributed by atoms with van der Waals surface area (Å²) in [5.74, 6) is 0. The molecule has 0 bridgehead atoms. The summed E-state index contributed by atoms with van der Waals surface area (Å²) in [5.41, 5.74) is 0.228. The van der Waals surface area contributed by atoms with Gasteiger partial charge in [0.25, 0.3) is 0 Å². The van der Waals surface area contributed by atoms with Crippen molar-refractivity contribution >= 4 is 16.9 Å². The van der Waals surface area contributed by atoms with Crippen molar-refractivity contribution in [2.45, 2.75) is 57.9 Å². The highest BCUT2D eigenvalue weighted by molar-refractivity contribution is 8.14. The first-order valence-corrected chi connectivity index (χ1v) is 6.12. The normalized spacial score (nSPS) is 29.5. The van der Waals surface area contributed by atoms with E-state index in [1.165, 1.54) is 11.8 Å². The van der Waals surface area contributed by atoms with Crippen molar-refractivity contribution in [2.75, 3.05) is 6.54 Å². The highest BCUT2D eigenvalue weighted by Gasteiger charge is 2.36. The molecule has 0 aromatic carbocycles. The van der Waals surface area contributed by atoms with E-state index in [1.807, 2.05) is 0 Å². The molecule has 1 saturated heterocycles. The molecule has 0 N–H and O–H groups in total. The summed E-state index contributed by atoms with van der Waals surface area (Å²) in [5, 5.41) is 0.750. The zero-order valence-electron chi connectivity index (χ0n) is 9.83. The fourth-order valence-electron chi connectivity index (χ4n) is 2.24. The van der Waals surface area contributed by atoms with E-state index < -0.39 is 0 Å². The molecule has 0 saturated carbocycles. The Kier molecular flexibility index (Phi) is 3.64. The van der Waals surface area contributed by atoms with E-state index in [9.17, 15) is 4.79 Å². The van der Waals surface area contributed by atoms with Crippen LogP contribution in [0.25, 0.3) is 0 Å². The third kappa shape index (κ3) is 2.99. The molecule has 0 radical (unpaired) electrons. The van der Waals surface area contributed by atoms with Crippen molar-refractivity contribution in [1.29, 1.82) is 0 Å². The van der Waals surface area contributed by atoms with Gasteiger partial charge in [0.15, 0.2) is 5.12 Å². The lowest BCUT2D eigenvalue weighted by Crippen LogP contribution is -2.43. The Labute approximate surface area is 91.4 Å². The molecule has 1 rings (SSSR count). The number of carbonyl (C=O) groups excluding carboxylic acids is 1. The second-order valence-electron chi connectivity index (χ2n) is 5.14. The van der Waals surface area contributed by atoms with Crippen molar-refractivity contribution in [2.24, 2.45) is 0 Å². The number of nitrogens with zero attached hydrogens (tertiary/aromatic N) is 1. The van der Waals surface area contributed by atoms with Crippen LogP contribution in [-0.2, 0) is 4.79 Å². The average molecular weight is 215 g/mol. The standard InChI is InChI=1S/C11H21NOS/c1-8-6-10(14-9(2)13)7-12(8)11(3,4)5/h8,10H,6-7H2,1-5H3/t8-,10-/m0/s1. The van der Waals surface area contributed by atoms with Crippen molar-refractivity contribution < 1.29 is 4.79 Å². The van der Waals surface area contributed by atoms with Gasteiger partial charge in [-0.1, -0.05) is 11.8 Å². The van der Waals surface area contributed by atoms with Gasteiger partial charge < -0.3 is 0 Å². The SMILES string of the molecule is CC(=O)S[C@H]1C[C@H](C)N(C(C)(C)C)C1. The molecule has 2 atom stereocenters. The summed E-state index contributed by atoms with van der Waals surface area (Å²) in [6.45, 7) is 11.7. The average Bonchev–Trinajstić information content (AvgIpc) is 2.27. The molecule has 0 unspecified atom stereocenters. The first-order valence-electron chi connectivity index (χ1n) is 5.24. The molecule has 1 aliphatic heterocycles. The molecular weight excluding hydrogens is 194 g/mol. The number of thioether (sulfide) groups is 1. The lowest BCUT2D eigenvalue weighted by Gasteiger charge is -2.35. The Morgan fingerprint density at radius 2 is 2.00 bits per heavy atom. The van der Waals surface area contributed by atoms with Crippen LogP contribution in [0.4, 0.5) is 0 Å². The van der Waals surface area contributed by atoms with Crippen LogP contribution in [0.2, 0.25) is 0 Å². The highest BCUT2D eigenvalue weighted by atomic mass is 32.2. The summed E-state index contributed by atoms with van der Waals surface area (Å²) in [6, 6.07) is 0.604. The Hall–Kier alpha value is -0.0200. The third-order valence-electron chi connectivity index (χ3n) is 2.73. The molecule has 0 aliphatic carbocycles. The monoisotopic (exact) mass is 215 g/mol. The lowest BCUT2D eigenvalue weighted by molar-refractivity contribution is -0.109. The van der Waals surface area contributed by atoms with Crippen LogP contribution in [0.1, 0.15) is 41.0 Å². The number of hydrogen-bond acceptors (Lipinski definition) is 3. The maximum absolute atomic E-state index is 11.0. The molecule has 0 aromatic rings. The van der Waals surface area contributed by atoms with Crippen molar-refractivity contribution in [1.82, 2.24) is 4.90 Å². The van der Waals surface area contributed by atoms with E-state index in [0.29, 0.717) is 11.3 Å². The van der Waals surface area contributed by atoms with E-state index in [4.69, 9.17) is 0 Å². The van der Waals surface area contributed by atoms with Gasteiger partial charge in [-0.3, -0.25) is 9.69 Å². The van der Waals surface area contributed by atoms with Crippen LogP contribution in [-0.4, -0.2) is 33.4 Å². The minimum atomic E-state index is 0.228. The second kappa shape index (κ2) is 4.23. The molecule has 1 heterocycles. The summed E-state index contributed by atoms with van der Waals surface area (Å²) >= 11 is 1.51. The molecule has 1 fully saturated rings. The molecule has 3 heteroatoms. The van der Waals surface area contributed by atoms with Gasteiger partial charge in [-0.15, -0.1) is 0 Å². The van der Waals surface area contributed by atoms with Gasteiger partial charge >= 0.3 is 0 Å².